The molecule has 0 radical (unpaired) electrons. The number of rotatable bonds is 7. The Bertz CT molecular complexity index is 1300. The minimum atomic E-state index is -0.345. The normalized spacial score (nSPS) is 10.6. The third kappa shape index (κ3) is 6.07. The minimum Gasteiger partial charge on any atom is -0.315 e. The topological polar surface area (TPSA) is 79.3 Å². The number of urea groups is 1. The maximum Gasteiger partial charge on any atom is 0.322 e. The largest absolute Gasteiger partial charge is 0.322 e. The predicted molar refractivity (Wildman–Crippen MR) is 140 cm³/mol. The van der Waals surface area contributed by atoms with Crippen molar-refractivity contribution in [2.75, 3.05) is 23.7 Å². The van der Waals surface area contributed by atoms with E-state index in [9.17, 15) is 9.59 Å². The zero-order valence-corrected chi connectivity index (χ0v) is 20.3. The van der Waals surface area contributed by atoms with Gasteiger partial charge in [-0.2, -0.15) is 5.10 Å². The molecule has 4 aromatic rings. The number of carbonyl (C=O) groups is 2. The second-order valence-corrected chi connectivity index (χ2v) is 8.46. The molecule has 0 saturated heterocycles. The number of carbonyl (C=O) groups excluding carboxylic acids is 2. The van der Waals surface area contributed by atoms with Crippen molar-refractivity contribution in [2.24, 2.45) is 0 Å². The first kappa shape index (κ1) is 24.0. The van der Waals surface area contributed by atoms with Crippen LogP contribution in [0.15, 0.2) is 84.9 Å². The number of anilines is 2. The van der Waals surface area contributed by atoms with E-state index >= 15 is 0 Å². The molecule has 3 aromatic carbocycles. The number of likely N-dealkylation sites (N-methyl/N-ethyl adjacent to an activating group) is 1. The number of benzene rings is 3. The van der Waals surface area contributed by atoms with Gasteiger partial charge in [0.15, 0.2) is 0 Å². The van der Waals surface area contributed by atoms with Gasteiger partial charge in [0.1, 0.15) is 12.4 Å². The summed E-state index contributed by atoms with van der Waals surface area (Å²) in [5, 5.41) is 11.0. The zero-order valence-electron chi connectivity index (χ0n) is 19.5. The third-order valence-electron chi connectivity index (χ3n) is 5.42. The molecule has 0 aliphatic heterocycles. The fraction of sp³-hybridized carbons (Fsp3) is 0.148. The number of halogens is 1. The summed E-state index contributed by atoms with van der Waals surface area (Å²) in [6.07, 6.45) is 0. The summed E-state index contributed by atoms with van der Waals surface area (Å²) in [5.41, 5.74) is 4.15. The Hall–Kier alpha value is -4.10. The lowest BCUT2D eigenvalue weighted by Crippen LogP contribution is -2.40. The van der Waals surface area contributed by atoms with Gasteiger partial charge in [0.2, 0.25) is 5.91 Å². The SMILES string of the molecule is CCN(CC(=O)Nc1cc(-c2ccccc2)nn1-c1ccc(Cl)cc1)C(=O)Nc1ccc(C)cc1. The molecule has 1 heterocycles. The summed E-state index contributed by atoms with van der Waals surface area (Å²) < 4.78 is 1.65. The van der Waals surface area contributed by atoms with Crippen molar-refractivity contribution in [3.8, 4) is 16.9 Å². The molecule has 0 atom stereocenters. The van der Waals surface area contributed by atoms with E-state index in [0.717, 1.165) is 16.8 Å². The molecule has 178 valence electrons. The third-order valence-corrected chi connectivity index (χ3v) is 5.68. The van der Waals surface area contributed by atoms with Gasteiger partial charge in [-0.1, -0.05) is 59.6 Å². The summed E-state index contributed by atoms with van der Waals surface area (Å²) in [5.74, 6) is 0.159. The van der Waals surface area contributed by atoms with Gasteiger partial charge in [0.05, 0.1) is 11.4 Å². The van der Waals surface area contributed by atoms with E-state index < -0.39 is 0 Å². The first-order valence-corrected chi connectivity index (χ1v) is 11.6. The van der Waals surface area contributed by atoms with Crippen LogP contribution in [0.4, 0.5) is 16.3 Å². The molecule has 4 rings (SSSR count). The average Bonchev–Trinajstić information content (AvgIpc) is 3.28. The zero-order chi connectivity index (χ0) is 24.8. The highest BCUT2D eigenvalue weighted by Gasteiger charge is 2.19. The number of amides is 3. The quantitative estimate of drug-likeness (QED) is 0.336. The molecule has 0 saturated carbocycles. The lowest BCUT2D eigenvalue weighted by Gasteiger charge is -2.21. The van der Waals surface area contributed by atoms with Gasteiger partial charge < -0.3 is 15.5 Å². The number of nitrogens with zero attached hydrogens (tertiary/aromatic N) is 3. The Balaban J connectivity index is 1.53. The molecule has 3 amide bonds. The van der Waals surface area contributed by atoms with Crippen LogP contribution in [0.2, 0.25) is 5.02 Å². The van der Waals surface area contributed by atoms with Crippen molar-refractivity contribution in [2.45, 2.75) is 13.8 Å². The van der Waals surface area contributed by atoms with Crippen LogP contribution in [-0.4, -0.2) is 39.7 Å². The maximum atomic E-state index is 13.0. The van der Waals surface area contributed by atoms with E-state index in [2.05, 4.69) is 10.6 Å². The average molecular weight is 488 g/mol. The molecule has 0 bridgehead atoms. The second-order valence-electron chi connectivity index (χ2n) is 8.03. The van der Waals surface area contributed by atoms with Gasteiger partial charge in [-0.3, -0.25) is 4.79 Å². The van der Waals surface area contributed by atoms with Crippen LogP contribution >= 0.6 is 11.6 Å². The highest BCUT2D eigenvalue weighted by Crippen LogP contribution is 2.25. The molecule has 0 aliphatic carbocycles. The van der Waals surface area contributed by atoms with Crippen LogP contribution < -0.4 is 10.6 Å². The fourth-order valence-electron chi connectivity index (χ4n) is 3.52. The highest BCUT2D eigenvalue weighted by molar-refractivity contribution is 6.30. The number of hydrogen-bond acceptors (Lipinski definition) is 3. The van der Waals surface area contributed by atoms with E-state index in [1.807, 2.05) is 86.6 Å². The number of aromatic nitrogens is 2. The molecule has 2 N–H and O–H groups in total. The molecule has 1 aromatic heterocycles. The van der Waals surface area contributed by atoms with Gasteiger partial charge >= 0.3 is 6.03 Å². The standard InChI is InChI=1S/C27H26ClN5O2/c1-3-32(27(35)29-22-13-9-19(2)10-14-22)18-26(34)30-25-17-24(20-7-5-4-6-8-20)31-33(25)23-15-11-21(28)12-16-23/h4-17H,3,18H2,1-2H3,(H,29,35)(H,30,34). The predicted octanol–water partition coefficient (Wildman–Crippen LogP) is 5.99. The first-order chi connectivity index (χ1) is 16.9. The van der Waals surface area contributed by atoms with E-state index in [0.29, 0.717) is 28.8 Å². The van der Waals surface area contributed by atoms with Crippen molar-refractivity contribution >= 4 is 35.0 Å². The van der Waals surface area contributed by atoms with Gasteiger partial charge in [0, 0.05) is 28.9 Å². The van der Waals surface area contributed by atoms with Crippen molar-refractivity contribution < 1.29 is 9.59 Å². The summed E-state index contributed by atoms with van der Waals surface area (Å²) >= 11 is 6.05. The van der Waals surface area contributed by atoms with Crippen LogP contribution in [0.3, 0.4) is 0 Å². The summed E-state index contributed by atoms with van der Waals surface area (Å²) in [4.78, 5) is 27.1. The molecule has 7 nitrogen and oxygen atoms in total. The molecule has 8 heteroatoms. The van der Waals surface area contributed by atoms with Crippen molar-refractivity contribution in [1.29, 1.82) is 0 Å². The summed E-state index contributed by atoms with van der Waals surface area (Å²) in [7, 11) is 0. The van der Waals surface area contributed by atoms with Crippen molar-refractivity contribution in [1.82, 2.24) is 14.7 Å². The second kappa shape index (κ2) is 10.9. The first-order valence-electron chi connectivity index (χ1n) is 11.3. The van der Waals surface area contributed by atoms with Crippen LogP contribution in [0.5, 0.6) is 0 Å². The molecule has 35 heavy (non-hydrogen) atoms. The molecular weight excluding hydrogens is 462 g/mol. The van der Waals surface area contributed by atoms with Gasteiger partial charge in [0.25, 0.3) is 0 Å². The van der Waals surface area contributed by atoms with Crippen LogP contribution in [0.25, 0.3) is 16.9 Å². The molecule has 0 aliphatic rings. The molecule has 0 fully saturated rings. The van der Waals surface area contributed by atoms with Gasteiger partial charge in [-0.25, -0.2) is 9.48 Å². The maximum absolute atomic E-state index is 13.0. The van der Waals surface area contributed by atoms with E-state index in [4.69, 9.17) is 16.7 Å². The van der Waals surface area contributed by atoms with Gasteiger partial charge in [-0.15, -0.1) is 0 Å². The molecular formula is C27H26ClN5O2. The van der Waals surface area contributed by atoms with Crippen LogP contribution in [0, 0.1) is 6.92 Å². The Morgan fingerprint density at radius 1 is 0.943 bits per heavy atom. The molecule has 0 spiro atoms. The number of hydrogen-bond donors (Lipinski definition) is 2. The number of nitrogens with one attached hydrogen (secondary N) is 2. The van der Waals surface area contributed by atoms with Crippen LogP contribution in [-0.2, 0) is 4.79 Å². The van der Waals surface area contributed by atoms with E-state index in [1.165, 1.54) is 4.90 Å². The van der Waals surface area contributed by atoms with Crippen molar-refractivity contribution in [3.63, 3.8) is 0 Å². The summed E-state index contributed by atoms with van der Waals surface area (Å²) in [6.45, 7) is 4.07. The Morgan fingerprint density at radius 3 is 2.29 bits per heavy atom. The lowest BCUT2D eigenvalue weighted by molar-refractivity contribution is -0.116. The Kier molecular flexibility index (Phi) is 7.48. The Morgan fingerprint density at radius 2 is 1.63 bits per heavy atom. The Labute approximate surface area is 209 Å². The van der Waals surface area contributed by atoms with Crippen LogP contribution in [0.1, 0.15) is 12.5 Å². The van der Waals surface area contributed by atoms with E-state index in [-0.39, 0.29) is 18.5 Å². The molecule has 0 unspecified atom stereocenters. The number of aryl methyl sites for hydroxylation is 1. The summed E-state index contributed by atoms with van der Waals surface area (Å²) in [6, 6.07) is 25.8. The lowest BCUT2D eigenvalue weighted by atomic mass is 10.1. The highest BCUT2D eigenvalue weighted by atomic mass is 35.5. The van der Waals surface area contributed by atoms with Crippen molar-refractivity contribution in [3.05, 3.63) is 95.5 Å². The fourth-order valence-corrected chi connectivity index (χ4v) is 3.65. The smallest absolute Gasteiger partial charge is 0.315 e. The monoisotopic (exact) mass is 487 g/mol. The van der Waals surface area contributed by atoms with Gasteiger partial charge in [-0.05, 0) is 50.2 Å². The minimum absolute atomic E-state index is 0.110. The van der Waals surface area contributed by atoms with E-state index in [1.54, 1.807) is 16.8 Å².